The third-order valence-corrected chi connectivity index (χ3v) is 4.42. The van der Waals surface area contributed by atoms with Gasteiger partial charge < -0.3 is 10.8 Å². The standard InChI is InChI=1S/C13H10BrNO2S/c14-9-3-1-2-4-11(9)18-12-7-8(13(16)17)5-6-10(12)15/h1-7H,15H2,(H,16,17). The van der Waals surface area contributed by atoms with Crippen LogP contribution >= 0.6 is 27.7 Å². The van der Waals surface area contributed by atoms with Gasteiger partial charge in [0.1, 0.15) is 0 Å². The number of aromatic carboxylic acids is 1. The number of rotatable bonds is 3. The number of anilines is 1. The van der Waals surface area contributed by atoms with Crippen LogP contribution in [0.15, 0.2) is 56.7 Å². The molecule has 0 aliphatic rings. The van der Waals surface area contributed by atoms with Gasteiger partial charge in [0.2, 0.25) is 0 Å². The van der Waals surface area contributed by atoms with E-state index in [4.69, 9.17) is 10.8 Å². The smallest absolute Gasteiger partial charge is 0.335 e. The van der Waals surface area contributed by atoms with E-state index in [-0.39, 0.29) is 5.56 Å². The molecule has 18 heavy (non-hydrogen) atoms. The van der Waals surface area contributed by atoms with Crippen LogP contribution in [0.2, 0.25) is 0 Å². The number of nitrogen functional groups attached to an aromatic ring is 1. The number of hydrogen-bond acceptors (Lipinski definition) is 3. The summed E-state index contributed by atoms with van der Waals surface area (Å²) in [6.07, 6.45) is 0. The summed E-state index contributed by atoms with van der Waals surface area (Å²) in [5.41, 5.74) is 6.66. The van der Waals surface area contributed by atoms with Crippen molar-refractivity contribution in [1.82, 2.24) is 0 Å². The fourth-order valence-corrected chi connectivity index (χ4v) is 2.85. The van der Waals surface area contributed by atoms with Gasteiger partial charge in [0.15, 0.2) is 0 Å². The first-order valence-electron chi connectivity index (χ1n) is 5.13. The van der Waals surface area contributed by atoms with Crippen molar-refractivity contribution in [3.8, 4) is 0 Å². The Labute approximate surface area is 117 Å². The normalized spacial score (nSPS) is 10.3. The molecule has 0 aliphatic heterocycles. The van der Waals surface area contributed by atoms with Crippen molar-refractivity contribution in [2.24, 2.45) is 0 Å². The lowest BCUT2D eigenvalue weighted by molar-refractivity contribution is 0.0696. The highest BCUT2D eigenvalue weighted by molar-refractivity contribution is 9.10. The van der Waals surface area contributed by atoms with Crippen LogP contribution in [0.1, 0.15) is 10.4 Å². The lowest BCUT2D eigenvalue weighted by Gasteiger charge is -2.08. The predicted molar refractivity (Wildman–Crippen MR) is 76.1 cm³/mol. The lowest BCUT2D eigenvalue weighted by Crippen LogP contribution is -1.98. The highest BCUT2D eigenvalue weighted by atomic mass is 79.9. The molecule has 0 atom stereocenters. The maximum absolute atomic E-state index is 10.9. The summed E-state index contributed by atoms with van der Waals surface area (Å²) in [5, 5.41) is 8.96. The van der Waals surface area contributed by atoms with Crippen LogP contribution in [0.3, 0.4) is 0 Å². The minimum Gasteiger partial charge on any atom is -0.478 e. The number of benzene rings is 2. The van der Waals surface area contributed by atoms with Crippen LogP contribution in [0.5, 0.6) is 0 Å². The molecule has 0 unspecified atom stereocenters. The number of nitrogens with two attached hydrogens (primary N) is 1. The third-order valence-electron chi connectivity index (χ3n) is 2.32. The highest BCUT2D eigenvalue weighted by Crippen LogP contribution is 2.36. The summed E-state index contributed by atoms with van der Waals surface area (Å²) in [6.45, 7) is 0. The molecule has 0 amide bonds. The Kier molecular flexibility index (Phi) is 3.93. The summed E-state index contributed by atoms with van der Waals surface area (Å²) >= 11 is 4.88. The Morgan fingerprint density at radius 2 is 1.89 bits per heavy atom. The van der Waals surface area contributed by atoms with E-state index in [2.05, 4.69) is 15.9 Å². The van der Waals surface area contributed by atoms with Gasteiger partial charge in [0.25, 0.3) is 0 Å². The van der Waals surface area contributed by atoms with Crippen molar-refractivity contribution >= 4 is 39.3 Å². The van der Waals surface area contributed by atoms with E-state index < -0.39 is 5.97 Å². The second kappa shape index (κ2) is 5.46. The molecule has 0 saturated heterocycles. The molecule has 0 radical (unpaired) electrons. The quantitative estimate of drug-likeness (QED) is 0.841. The molecule has 2 rings (SSSR count). The van der Waals surface area contributed by atoms with Gasteiger partial charge in [-0.05, 0) is 46.3 Å². The van der Waals surface area contributed by atoms with Crippen molar-refractivity contribution in [2.75, 3.05) is 5.73 Å². The maximum Gasteiger partial charge on any atom is 0.335 e. The summed E-state index contributed by atoms with van der Waals surface area (Å²) < 4.78 is 0.954. The summed E-state index contributed by atoms with van der Waals surface area (Å²) in [6, 6.07) is 12.4. The second-order valence-corrected chi connectivity index (χ2v) is 5.53. The van der Waals surface area contributed by atoms with E-state index in [1.165, 1.54) is 17.8 Å². The number of carboxylic acid groups (broad SMARTS) is 1. The van der Waals surface area contributed by atoms with Crippen LogP contribution in [-0.2, 0) is 0 Å². The van der Waals surface area contributed by atoms with E-state index in [0.717, 1.165) is 14.3 Å². The number of carbonyl (C=O) groups is 1. The monoisotopic (exact) mass is 323 g/mol. The van der Waals surface area contributed by atoms with Crippen LogP contribution in [0.25, 0.3) is 0 Å². The van der Waals surface area contributed by atoms with Gasteiger partial charge >= 0.3 is 5.97 Å². The molecule has 5 heteroatoms. The second-order valence-electron chi connectivity index (χ2n) is 3.59. The van der Waals surface area contributed by atoms with Gasteiger partial charge in [0, 0.05) is 20.0 Å². The zero-order chi connectivity index (χ0) is 13.1. The Hall–Kier alpha value is -1.46. The third kappa shape index (κ3) is 2.86. The molecule has 0 bridgehead atoms. The number of halogens is 1. The Balaban J connectivity index is 2.37. The van der Waals surface area contributed by atoms with E-state index in [1.54, 1.807) is 12.1 Å². The van der Waals surface area contributed by atoms with Crippen LogP contribution in [0, 0.1) is 0 Å². The first-order chi connectivity index (χ1) is 8.58. The molecule has 0 fully saturated rings. The topological polar surface area (TPSA) is 63.3 Å². The summed E-state index contributed by atoms with van der Waals surface area (Å²) in [7, 11) is 0. The van der Waals surface area contributed by atoms with E-state index >= 15 is 0 Å². The summed E-state index contributed by atoms with van der Waals surface area (Å²) in [5.74, 6) is -0.955. The van der Waals surface area contributed by atoms with E-state index in [1.807, 2.05) is 24.3 Å². The van der Waals surface area contributed by atoms with Crippen LogP contribution < -0.4 is 5.73 Å². The molecule has 0 aromatic heterocycles. The zero-order valence-electron chi connectivity index (χ0n) is 9.26. The Morgan fingerprint density at radius 3 is 2.56 bits per heavy atom. The SMILES string of the molecule is Nc1ccc(C(=O)O)cc1Sc1ccccc1Br. The van der Waals surface area contributed by atoms with E-state index in [0.29, 0.717) is 5.69 Å². The number of hydrogen-bond donors (Lipinski definition) is 2. The molecule has 2 aromatic rings. The van der Waals surface area contributed by atoms with Crippen molar-refractivity contribution in [3.63, 3.8) is 0 Å². The fraction of sp³-hybridized carbons (Fsp3) is 0. The molecule has 3 nitrogen and oxygen atoms in total. The summed E-state index contributed by atoms with van der Waals surface area (Å²) in [4.78, 5) is 12.7. The van der Waals surface area contributed by atoms with Gasteiger partial charge in [-0.25, -0.2) is 4.79 Å². The molecular weight excluding hydrogens is 314 g/mol. The van der Waals surface area contributed by atoms with Gasteiger partial charge in [0.05, 0.1) is 5.56 Å². The van der Waals surface area contributed by atoms with Crippen molar-refractivity contribution in [1.29, 1.82) is 0 Å². The fourth-order valence-electron chi connectivity index (χ4n) is 1.40. The highest BCUT2D eigenvalue weighted by Gasteiger charge is 2.09. The minimum atomic E-state index is -0.955. The first-order valence-corrected chi connectivity index (χ1v) is 6.74. The zero-order valence-corrected chi connectivity index (χ0v) is 11.7. The average Bonchev–Trinajstić information content (AvgIpc) is 2.34. The van der Waals surface area contributed by atoms with Crippen molar-refractivity contribution in [2.45, 2.75) is 9.79 Å². The molecule has 0 saturated carbocycles. The molecule has 92 valence electrons. The van der Waals surface area contributed by atoms with E-state index in [9.17, 15) is 4.79 Å². The minimum absolute atomic E-state index is 0.235. The van der Waals surface area contributed by atoms with Gasteiger partial charge in [-0.15, -0.1) is 0 Å². The largest absolute Gasteiger partial charge is 0.478 e. The lowest BCUT2D eigenvalue weighted by atomic mass is 10.2. The molecule has 0 spiro atoms. The molecular formula is C13H10BrNO2S. The first kappa shape index (κ1) is 13.0. The molecule has 3 N–H and O–H groups in total. The predicted octanol–water partition coefficient (Wildman–Crippen LogP) is 3.88. The Morgan fingerprint density at radius 1 is 1.17 bits per heavy atom. The van der Waals surface area contributed by atoms with Gasteiger partial charge in [-0.2, -0.15) is 0 Å². The maximum atomic E-state index is 10.9. The molecule has 0 heterocycles. The number of carboxylic acids is 1. The molecule has 2 aromatic carbocycles. The van der Waals surface area contributed by atoms with Crippen molar-refractivity contribution in [3.05, 3.63) is 52.5 Å². The van der Waals surface area contributed by atoms with Crippen LogP contribution in [0.4, 0.5) is 5.69 Å². The van der Waals surface area contributed by atoms with Gasteiger partial charge in [-0.3, -0.25) is 0 Å². The van der Waals surface area contributed by atoms with Crippen molar-refractivity contribution < 1.29 is 9.90 Å². The van der Waals surface area contributed by atoms with Crippen LogP contribution in [-0.4, -0.2) is 11.1 Å². The average molecular weight is 324 g/mol. The Bertz CT molecular complexity index is 601. The molecule has 0 aliphatic carbocycles. The van der Waals surface area contributed by atoms with Gasteiger partial charge in [-0.1, -0.05) is 23.9 Å².